The van der Waals surface area contributed by atoms with Gasteiger partial charge in [0.05, 0.1) is 13.5 Å². The van der Waals surface area contributed by atoms with Crippen LogP contribution in [0.4, 0.5) is 0 Å². The molecule has 0 bridgehead atoms. The van der Waals surface area contributed by atoms with Crippen LogP contribution in [0, 0.1) is 6.92 Å². The van der Waals surface area contributed by atoms with Gasteiger partial charge in [0.25, 0.3) is 0 Å². The van der Waals surface area contributed by atoms with Crippen LogP contribution in [0.25, 0.3) is 11.1 Å². The van der Waals surface area contributed by atoms with E-state index in [1.165, 1.54) is 5.56 Å². The maximum absolute atomic E-state index is 11.1. The van der Waals surface area contributed by atoms with Crippen LogP contribution in [-0.4, -0.2) is 13.1 Å². The van der Waals surface area contributed by atoms with Gasteiger partial charge in [0.15, 0.2) is 0 Å². The van der Waals surface area contributed by atoms with Crippen molar-refractivity contribution in [2.75, 3.05) is 7.11 Å². The van der Waals surface area contributed by atoms with E-state index in [1.54, 1.807) is 7.11 Å². The summed E-state index contributed by atoms with van der Waals surface area (Å²) in [5.41, 5.74) is 5.60. The van der Waals surface area contributed by atoms with Crippen molar-refractivity contribution in [1.82, 2.24) is 0 Å². The molecule has 0 aliphatic rings. The molecule has 0 atom stereocenters. The molecule has 0 amide bonds. The van der Waals surface area contributed by atoms with E-state index >= 15 is 0 Å². The number of benzene rings is 3. The van der Waals surface area contributed by atoms with Crippen LogP contribution in [-0.2, 0) is 22.7 Å². The number of carbonyl (C=O) groups is 1. The minimum Gasteiger partial charge on any atom is -0.497 e. The third-order valence-corrected chi connectivity index (χ3v) is 4.75. The standard InChI is InChI=1S/C24H25NO4/c1-17-14-22(27-2)11-12-23(17)20-5-3-4-19(15-20)16-28-21-9-6-18(7-10-21)8-13-24(26)29-25/h3-7,9-12,14-15H,8,13,16,25H2,1-2H3. The van der Waals surface area contributed by atoms with Gasteiger partial charge in [-0.05, 0) is 71.5 Å². The number of aryl methyl sites for hydroxylation is 2. The Kier molecular flexibility index (Phi) is 6.87. The highest BCUT2D eigenvalue weighted by molar-refractivity contribution is 5.69. The van der Waals surface area contributed by atoms with Crippen LogP contribution >= 0.6 is 0 Å². The normalized spacial score (nSPS) is 10.4. The zero-order valence-corrected chi connectivity index (χ0v) is 16.7. The van der Waals surface area contributed by atoms with Gasteiger partial charge in [-0.25, -0.2) is 0 Å². The third-order valence-electron chi connectivity index (χ3n) is 4.75. The summed E-state index contributed by atoms with van der Waals surface area (Å²) in [6.45, 7) is 2.55. The second-order valence-electron chi connectivity index (χ2n) is 6.80. The molecule has 0 unspecified atom stereocenters. The summed E-state index contributed by atoms with van der Waals surface area (Å²) in [7, 11) is 1.67. The van der Waals surface area contributed by atoms with Gasteiger partial charge >= 0.3 is 5.97 Å². The molecule has 0 spiro atoms. The number of hydrogen-bond acceptors (Lipinski definition) is 5. The monoisotopic (exact) mass is 391 g/mol. The van der Waals surface area contributed by atoms with Gasteiger partial charge in [-0.3, -0.25) is 4.79 Å². The van der Waals surface area contributed by atoms with Crippen LogP contribution in [0.3, 0.4) is 0 Å². The first-order chi connectivity index (χ1) is 14.1. The molecular formula is C24H25NO4. The smallest absolute Gasteiger partial charge is 0.324 e. The lowest BCUT2D eigenvalue weighted by atomic mass is 9.99. The molecule has 5 heteroatoms. The molecule has 0 aliphatic heterocycles. The summed E-state index contributed by atoms with van der Waals surface area (Å²) in [5.74, 6) is 6.06. The zero-order chi connectivity index (χ0) is 20.6. The van der Waals surface area contributed by atoms with E-state index in [2.05, 4.69) is 36.0 Å². The van der Waals surface area contributed by atoms with E-state index in [9.17, 15) is 4.79 Å². The number of hydrogen-bond donors (Lipinski definition) is 1. The first kappa shape index (κ1) is 20.4. The Labute approximate surface area is 171 Å². The molecule has 0 aliphatic carbocycles. The Balaban J connectivity index is 1.63. The summed E-state index contributed by atoms with van der Waals surface area (Å²) >= 11 is 0. The molecule has 5 nitrogen and oxygen atoms in total. The second kappa shape index (κ2) is 9.75. The Morgan fingerprint density at radius 2 is 1.69 bits per heavy atom. The van der Waals surface area contributed by atoms with Gasteiger partial charge < -0.3 is 14.3 Å². The molecule has 0 heterocycles. The molecule has 0 aromatic heterocycles. The van der Waals surface area contributed by atoms with Gasteiger partial charge in [-0.1, -0.05) is 36.4 Å². The Bertz CT molecular complexity index is 967. The summed E-state index contributed by atoms with van der Waals surface area (Å²) in [4.78, 5) is 15.3. The average molecular weight is 391 g/mol. The van der Waals surface area contributed by atoms with Gasteiger partial charge in [0.1, 0.15) is 18.1 Å². The predicted octanol–water partition coefficient (Wildman–Crippen LogP) is 4.60. The van der Waals surface area contributed by atoms with E-state index in [0.717, 1.165) is 33.8 Å². The SMILES string of the molecule is COc1ccc(-c2cccc(COc3ccc(CCC(=O)ON)cc3)c2)c(C)c1. The molecule has 29 heavy (non-hydrogen) atoms. The highest BCUT2D eigenvalue weighted by Crippen LogP contribution is 2.28. The minimum atomic E-state index is -0.419. The fraction of sp³-hybridized carbons (Fsp3) is 0.208. The molecule has 0 saturated heterocycles. The van der Waals surface area contributed by atoms with Gasteiger partial charge in [0.2, 0.25) is 0 Å². The molecule has 3 aromatic rings. The molecular weight excluding hydrogens is 366 g/mol. The third kappa shape index (κ3) is 5.59. The van der Waals surface area contributed by atoms with Crippen LogP contribution in [0.5, 0.6) is 11.5 Å². The van der Waals surface area contributed by atoms with Crippen molar-refractivity contribution in [1.29, 1.82) is 0 Å². The molecule has 0 fully saturated rings. The summed E-state index contributed by atoms with van der Waals surface area (Å²) < 4.78 is 11.2. The Morgan fingerprint density at radius 1 is 0.931 bits per heavy atom. The van der Waals surface area contributed by atoms with Crippen LogP contribution in [0.2, 0.25) is 0 Å². The molecule has 150 valence electrons. The van der Waals surface area contributed by atoms with E-state index in [0.29, 0.717) is 13.0 Å². The lowest BCUT2D eigenvalue weighted by Gasteiger charge is -2.11. The van der Waals surface area contributed by atoms with E-state index in [1.807, 2.05) is 42.5 Å². The Hall–Kier alpha value is -3.31. The highest BCUT2D eigenvalue weighted by Gasteiger charge is 2.06. The van der Waals surface area contributed by atoms with Crippen molar-refractivity contribution in [2.24, 2.45) is 5.90 Å². The van der Waals surface area contributed by atoms with Gasteiger partial charge in [0, 0.05) is 0 Å². The molecule has 3 rings (SSSR count). The quantitative estimate of drug-likeness (QED) is 0.568. The Morgan fingerprint density at radius 3 is 2.38 bits per heavy atom. The van der Waals surface area contributed by atoms with Crippen molar-refractivity contribution in [3.8, 4) is 22.6 Å². The van der Waals surface area contributed by atoms with Crippen LogP contribution < -0.4 is 15.4 Å². The number of methoxy groups -OCH3 is 1. The van der Waals surface area contributed by atoms with E-state index in [4.69, 9.17) is 15.4 Å². The maximum atomic E-state index is 11.1. The fourth-order valence-electron chi connectivity index (χ4n) is 3.14. The number of rotatable bonds is 8. The molecule has 2 N–H and O–H groups in total. The molecule has 3 aromatic carbocycles. The summed E-state index contributed by atoms with van der Waals surface area (Å²) in [5, 5.41) is 0. The van der Waals surface area contributed by atoms with Gasteiger partial charge in [-0.15, -0.1) is 0 Å². The topological polar surface area (TPSA) is 70.8 Å². The van der Waals surface area contributed by atoms with Crippen LogP contribution in [0.15, 0.2) is 66.7 Å². The largest absolute Gasteiger partial charge is 0.497 e. The zero-order valence-electron chi connectivity index (χ0n) is 16.7. The van der Waals surface area contributed by atoms with Gasteiger partial charge in [-0.2, -0.15) is 5.90 Å². The molecule has 0 radical (unpaired) electrons. The number of carbonyl (C=O) groups excluding carboxylic acids is 1. The van der Waals surface area contributed by atoms with Crippen molar-refractivity contribution < 1.29 is 19.1 Å². The van der Waals surface area contributed by atoms with Crippen molar-refractivity contribution >= 4 is 5.97 Å². The van der Waals surface area contributed by atoms with Crippen LogP contribution in [0.1, 0.15) is 23.1 Å². The first-order valence-electron chi connectivity index (χ1n) is 9.44. The minimum absolute atomic E-state index is 0.258. The predicted molar refractivity (Wildman–Crippen MR) is 113 cm³/mol. The highest BCUT2D eigenvalue weighted by atomic mass is 16.7. The number of ether oxygens (including phenoxy) is 2. The van der Waals surface area contributed by atoms with E-state index in [-0.39, 0.29) is 6.42 Å². The fourth-order valence-corrected chi connectivity index (χ4v) is 3.14. The van der Waals surface area contributed by atoms with E-state index < -0.39 is 5.97 Å². The second-order valence-corrected chi connectivity index (χ2v) is 6.80. The van der Waals surface area contributed by atoms with Crippen molar-refractivity contribution in [3.05, 3.63) is 83.4 Å². The van der Waals surface area contributed by atoms with Crippen molar-refractivity contribution in [3.63, 3.8) is 0 Å². The van der Waals surface area contributed by atoms with Crippen molar-refractivity contribution in [2.45, 2.75) is 26.4 Å². The summed E-state index contributed by atoms with van der Waals surface area (Å²) in [6, 6.07) is 22.1. The average Bonchev–Trinajstić information content (AvgIpc) is 2.76. The lowest BCUT2D eigenvalue weighted by Crippen LogP contribution is -2.10. The maximum Gasteiger partial charge on any atom is 0.324 e. The first-order valence-corrected chi connectivity index (χ1v) is 9.44. The molecule has 0 saturated carbocycles. The lowest BCUT2D eigenvalue weighted by molar-refractivity contribution is -0.144. The summed E-state index contributed by atoms with van der Waals surface area (Å²) in [6.07, 6.45) is 0.841. The number of nitrogens with two attached hydrogens (primary N) is 1.